The van der Waals surface area contributed by atoms with E-state index in [1.165, 1.54) is 0 Å². The Morgan fingerprint density at radius 3 is 2.62 bits per heavy atom. The maximum Gasteiger partial charge on any atom is 0.255 e. The lowest BCUT2D eigenvalue weighted by Gasteiger charge is -2.27. The number of nitrogens with zero attached hydrogens (tertiary/aromatic N) is 5. The van der Waals surface area contributed by atoms with Crippen LogP contribution >= 0.6 is 0 Å². The molecular weight excluding hydrogens is 400 g/mol. The van der Waals surface area contributed by atoms with Gasteiger partial charge in [-0.2, -0.15) is 5.10 Å². The molecule has 0 radical (unpaired) electrons. The zero-order valence-electron chi connectivity index (χ0n) is 18.3. The molecular formula is C25H26N6O. The number of H-pyrrole nitrogens is 1. The minimum atomic E-state index is -0.0160. The van der Waals surface area contributed by atoms with Crippen molar-refractivity contribution in [3.8, 4) is 16.9 Å². The Balaban J connectivity index is 1.47. The van der Waals surface area contributed by atoms with Gasteiger partial charge in [-0.15, -0.1) is 0 Å². The van der Waals surface area contributed by atoms with E-state index in [9.17, 15) is 4.79 Å². The molecule has 32 heavy (non-hydrogen) atoms. The fraction of sp³-hybridized carbons (Fsp3) is 0.280. The smallest absolute Gasteiger partial charge is 0.255 e. The van der Waals surface area contributed by atoms with Gasteiger partial charge in [0, 0.05) is 61.7 Å². The summed E-state index contributed by atoms with van der Waals surface area (Å²) >= 11 is 0. The number of hydrogen-bond acceptors (Lipinski definition) is 5. The van der Waals surface area contributed by atoms with Crippen LogP contribution in [0, 0.1) is 0 Å². The van der Waals surface area contributed by atoms with Crippen LogP contribution in [0.3, 0.4) is 0 Å². The van der Waals surface area contributed by atoms with Gasteiger partial charge in [0.2, 0.25) is 0 Å². The van der Waals surface area contributed by atoms with E-state index in [1.807, 2.05) is 61.0 Å². The monoisotopic (exact) mass is 426 g/mol. The first kappa shape index (κ1) is 20.3. The fourth-order valence-corrected chi connectivity index (χ4v) is 4.14. The molecule has 4 heterocycles. The molecule has 1 aromatic carbocycles. The maximum atomic E-state index is 12.7. The summed E-state index contributed by atoms with van der Waals surface area (Å²) in [6.45, 7) is 6.24. The average Bonchev–Trinajstić information content (AvgIpc) is 3.24. The lowest BCUT2D eigenvalue weighted by atomic mass is 10.0. The van der Waals surface area contributed by atoms with E-state index in [2.05, 4.69) is 21.1 Å². The highest BCUT2D eigenvalue weighted by atomic mass is 16.1. The van der Waals surface area contributed by atoms with Gasteiger partial charge in [0.15, 0.2) is 0 Å². The van der Waals surface area contributed by atoms with E-state index < -0.39 is 0 Å². The number of pyridine rings is 1. The van der Waals surface area contributed by atoms with Crippen molar-refractivity contribution in [2.24, 2.45) is 0 Å². The Morgan fingerprint density at radius 1 is 1.09 bits per heavy atom. The molecule has 162 valence electrons. The zero-order chi connectivity index (χ0) is 22.1. The zero-order valence-corrected chi connectivity index (χ0v) is 18.3. The summed E-state index contributed by atoms with van der Waals surface area (Å²) in [6.07, 6.45) is 6.44. The first-order valence-corrected chi connectivity index (χ1v) is 11.0. The number of aromatic amines is 1. The predicted octanol–water partition coefficient (Wildman–Crippen LogP) is 3.70. The molecule has 0 unspecified atom stereocenters. The van der Waals surface area contributed by atoms with Crippen LogP contribution in [-0.4, -0.2) is 36.2 Å². The van der Waals surface area contributed by atoms with Gasteiger partial charge >= 0.3 is 0 Å². The molecule has 0 atom stereocenters. The quantitative estimate of drug-likeness (QED) is 0.526. The molecule has 7 heteroatoms. The Kier molecular flexibility index (Phi) is 5.41. The number of nitrogens with one attached hydrogen (secondary N) is 1. The van der Waals surface area contributed by atoms with Crippen molar-refractivity contribution in [1.29, 1.82) is 0 Å². The van der Waals surface area contributed by atoms with E-state index in [-0.39, 0.29) is 11.5 Å². The second-order valence-electron chi connectivity index (χ2n) is 8.51. The van der Waals surface area contributed by atoms with Gasteiger partial charge in [-0.05, 0) is 24.3 Å². The third-order valence-corrected chi connectivity index (χ3v) is 5.87. The van der Waals surface area contributed by atoms with E-state index in [0.717, 1.165) is 52.6 Å². The Morgan fingerprint density at radius 2 is 1.88 bits per heavy atom. The molecule has 3 aromatic heterocycles. The van der Waals surface area contributed by atoms with Gasteiger partial charge in [-0.25, -0.2) is 9.67 Å². The molecule has 4 aromatic rings. The number of fused-ring (bicyclic) bond motifs is 1. The molecule has 1 aliphatic rings. The molecule has 0 saturated heterocycles. The first-order valence-electron chi connectivity index (χ1n) is 11.0. The van der Waals surface area contributed by atoms with Crippen LogP contribution in [0.1, 0.15) is 42.4 Å². The summed E-state index contributed by atoms with van der Waals surface area (Å²) in [7, 11) is 0. The summed E-state index contributed by atoms with van der Waals surface area (Å²) < 4.78 is 1.92. The standard InChI is InChI=1S/C25H26N6O/c1-17(2)24-27-22-10-13-30(16-21(22)25(32)28-24)14-19-15-31(20-6-4-3-5-7-20)29-23(19)18-8-11-26-12-9-18/h3-9,11-12,15,17H,10,13-14,16H2,1-2H3,(H,27,28,32). The summed E-state index contributed by atoms with van der Waals surface area (Å²) in [5.74, 6) is 0.976. The van der Waals surface area contributed by atoms with Crippen molar-refractivity contribution in [3.05, 3.63) is 94.1 Å². The van der Waals surface area contributed by atoms with Crippen LogP contribution in [0.2, 0.25) is 0 Å². The number of aromatic nitrogens is 5. The number of hydrogen-bond donors (Lipinski definition) is 1. The second-order valence-corrected chi connectivity index (χ2v) is 8.51. The van der Waals surface area contributed by atoms with Crippen molar-refractivity contribution >= 4 is 0 Å². The SMILES string of the molecule is CC(C)c1nc2c(c(=O)[nH]1)CN(Cc1cn(-c3ccccc3)nc1-c1ccncc1)CC2. The third-order valence-electron chi connectivity index (χ3n) is 5.87. The van der Waals surface area contributed by atoms with E-state index in [4.69, 9.17) is 10.1 Å². The van der Waals surface area contributed by atoms with Gasteiger partial charge in [-0.3, -0.25) is 14.7 Å². The second kappa shape index (κ2) is 8.51. The largest absolute Gasteiger partial charge is 0.310 e. The van der Waals surface area contributed by atoms with Crippen molar-refractivity contribution in [2.45, 2.75) is 39.3 Å². The van der Waals surface area contributed by atoms with E-state index in [0.29, 0.717) is 13.1 Å². The van der Waals surface area contributed by atoms with Crippen LogP contribution < -0.4 is 5.56 Å². The molecule has 0 saturated carbocycles. The van der Waals surface area contributed by atoms with Crippen molar-refractivity contribution in [2.75, 3.05) is 6.54 Å². The van der Waals surface area contributed by atoms with E-state index >= 15 is 0 Å². The summed E-state index contributed by atoms with van der Waals surface area (Å²) in [4.78, 5) is 26.8. The van der Waals surface area contributed by atoms with Crippen LogP contribution in [0.15, 0.2) is 65.8 Å². The lowest BCUT2D eigenvalue weighted by molar-refractivity contribution is 0.241. The Bertz CT molecular complexity index is 1280. The van der Waals surface area contributed by atoms with Crippen molar-refractivity contribution in [3.63, 3.8) is 0 Å². The Hall–Kier alpha value is -3.58. The highest BCUT2D eigenvalue weighted by Crippen LogP contribution is 2.26. The molecule has 1 N–H and O–H groups in total. The Labute approximate surface area is 186 Å². The molecule has 0 fully saturated rings. The first-order chi connectivity index (χ1) is 15.6. The maximum absolute atomic E-state index is 12.7. The minimum Gasteiger partial charge on any atom is -0.310 e. The van der Waals surface area contributed by atoms with E-state index in [1.54, 1.807) is 12.4 Å². The molecule has 5 rings (SSSR count). The molecule has 0 spiro atoms. The fourth-order valence-electron chi connectivity index (χ4n) is 4.14. The van der Waals surface area contributed by atoms with Gasteiger partial charge < -0.3 is 4.98 Å². The topological polar surface area (TPSA) is 79.7 Å². The van der Waals surface area contributed by atoms with Crippen LogP contribution in [0.5, 0.6) is 0 Å². The van der Waals surface area contributed by atoms with Crippen molar-refractivity contribution < 1.29 is 0 Å². The van der Waals surface area contributed by atoms with Crippen LogP contribution in [-0.2, 0) is 19.5 Å². The summed E-state index contributed by atoms with van der Waals surface area (Å²) in [6, 6.07) is 14.1. The minimum absolute atomic E-state index is 0.0160. The summed E-state index contributed by atoms with van der Waals surface area (Å²) in [5, 5.41) is 4.89. The van der Waals surface area contributed by atoms with Gasteiger partial charge in [-0.1, -0.05) is 32.0 Å². The highest BCUT2D eigenvalue weighted by Gasteiger charge is 2.23. The van der Waals surface area contributed by atoms with Gasteiger partial charge in [0.25, 0.3) is 5.56 Å². The molecule has 0 amide bonds. The third kappa shape index (κ3) is 3.99. The lowest BCUT2D eigenvalue weighted by Crippen LogP contribution is -2.36. The number of para-hydroxylation sites is 1. The molecule has 0 aliphatic carbocycles. The molecule has 1 aliphatic heterocycles. The highest BCUT2D eigenvalue weighted by molar-refractivity contribution is 5.62. The number of benzene rings is 1. The molecule has 0 bridgehead atoms. The predicted molar refractivity (Wildman–Crippen MR) is 124 cm³/mol. The molecule has 7 nitrogen and oxygen atoms in total. The normalized spacial score (nSPS) is 14.0. The summed E-state index contributed by atoms with van der Waals surface area (Å²) in [5.41, 5.74) is 5.79. The number of rotatable bonds is 5. The van der Waals surface area contributed by atoms with Crippen molar-refractivity contribution in [1.82, 2.24) is 29.6 Å². The average molecular weight is 427 g/mol. The van der Waals surface area contributed by atoms with Crippen LogP contribution in [0.25, 0.3) is 16.9 Å². The van der Waals surface area contributed by atoms with Gasteiger partial charge in [0.05, 0.1) is 22.6 Å². The van der Waals surface area contributed by atoms with Gasteiger partial charge in [0.1, 0.15) is 5.82 Å². The van der Waals surface area contributed by atoms with Crippen LogP contribution in [0.4, 0.5) is 0 Å².